The Morgan fingerprint density at radius 1 is 1.27 bits per heavy atom. The molecule has 0 radical (unpaired) electrons. The first-order chi connectivity index (χ1) is 4.18. The van der Waals surface area contributed by atoms with Crippen molar-refractivity contribution in [2.24, 2.45) is 0 Å². The molecular weight excluding hydrogens is 182 g/mol. The molecule has 0 amide bonds. The van der Waals surface area contributed by atoms with E-state index in [0.29, 0.717) is 0 Å². The van der Waals surface area contributed by atoms with E-state index in [9.17, 15) is 14.7 Å². The van der Waals surface area contributed by atoms with Gasteiger partial charge in [-0.05, 0) is 5.88 Å². The number of H-pyrrole nitrogens is 2. The fourth-order valence-corrected chi connectivity index (χ4v) is 0.446. The zero-order valence-corrected chi connectivity index (χ0v) is 8.53. The Balaban J connectivity index is 0. The maximum Gasteiger partial charge on any atom is 1.00 e. The summed E-state index contributed by atoms with van der Waals surface area (Å²) in [5.74, 6) is -0.677. The summed E-state index contributed by atoms with van der Waals surface area (Å²) >= 11 is 0. The molecule has 1 aromatic heterocycles. The molecule has 0 saturated heterocycles. The predicted octanol–water partition coefficient (Wildman–Crippen LogP) is -4.44. The predicted molar refractivity (Wildman–Crippen MR) is 34.4 cm³/mol. The van der Waals surface area contributed by atoms with Gasteiger partial charge in [0.25, 0.3) is 5.56 Å². The minimum absolute atomic E-state index is 0. The topological polar surface area (TPSA) is 88.8 Å². The van der Waals surface area contributed by atoms with Gasteiger partial charge < -0.3 is 10.1 Å². The molecule has 0 bridgehead atoms. The first-order valence-corrected chi connectivity index (χ1v) is 2.19. The van der Waals surface area contributed by atoms with Crippen LogP contribution in [0.3, 0.4) is 0 Å². The van der Waals surface area contributed by atoms with Gasteiger partial charge in [0.15, 0.2) is 0 Å². The molecule has 1 rings (SSSR count). The Hall–Kier alpha value is -0.230. The van der Waals surface area contributed by atoms with Crippen LogP contribution in [0.4, 0.5) is 0 Å². The zero-order valence-electron chi connectivity index (χ0n) is 5.71. The molecule has 0 unspecified atom stereocenters. The molecule has 1 aromatic rings. The van der Waals surface area contributed by atoms with Gasteiger partial charge in [0.1, 0.15) is 0 Å². The number of nitrogens with one attached hydrogen (secondary N) is 2. The molecule has 0 saturated carbocycles. The second kappa shape index (κ2) is 5.42. The number of aromatic nitrogens is 2. The number of halogens is 1. The van der Waals surface area contributed by atoms with Crippen molar-refractivity contribution in [1.29, 1.82) is 0 Å². The van der Waals surface area contributed by atoms with Gasteiger partial charge >= 0.3 is 35.2 Å². The monoisotopic (exact) mass is 186 g/mol. The third kappa shape index (κ3) is 4.26. The fourth-order valence-electron chi connectivity index (χ4n) is 0.446. The molecule has 2 N–H and O–H groups in total. The van der Waals surface area contributed by atoms with E-state index in [1.807, 2.05) is 9.97 Å². The van der Waals surface area contributed by atoms with Crippen LogP contribution in [-0.4, -0.2) is 9.97 Å². The van der Waals surface area contributed by atoms with Crippen molar-refractivity contribution in [1.82, 2.24) is 9.97 Å². The van der Waals surface area contributed by atoms with E-state index in [4.69, 9.17) is 0 Å². The minimum Gasteiger partial charge on any atom is -0.860 e. The average Bonchev–Trinajstić information content (AvgIpc) is 1.59. The summed E-state index contributed by atoms with van der Waals surface area (Å²) in [6.45, 7) is 0. The van der Waals surface area contributed by atoms with Crippen molar-refractivity contribution in [3.05, 3.63) is 26.9 Å². The molecule has 7 heteroatoms. The Morgan fingerprint density at radius 2 is 1.82 bits per heavy atom. The maximum absolute atomic E-state index is 10.2. The van der Waals surface area contributed by atoms with E-state index in [1.54, 1.807) is 0 Å². The van der Waals surface area contributed by atoms with Crippen LogP contribution in [-0.2, 0) is 0 Å². The van der Waals surface area contributed by atoms with Crippen LogP contribution in [0.1, 0.15) is 0 Å². The van der Waals surface area contributed by atoms with Crippen molar-refractivity contribution < 1.29 is 34.7 Å². The van der Waals surface area contributed by atoms with E-state index >= 15 is 0 Å². The van der Waals surface area contributed by atoms with Crippen molar-refractivity contribution in [3.8, 4) is 5.88 Å². The van der Waals surface area contributed by atoms with Crippen LogP contribution < -0.4 is 45.9 Å². The van der Waals surface area contributed by atoms with Gasteiger partial charge in [0.2, 0.25) is 0 Å². The third-order valence-electron chi connectivity index (χ3n) is 0.736. The van der Waals surface area contributed by atoms with Gasteiger partial charge in [0, 0.05) is 6.07 Å². The zero-order chi connectivity index (χ0) is 6.85. The summed E-state index contributed by atoms with van der Waals surface area (Å²) in [5.41, 5.74) is -1.45. The smallest absolute Gasteiger partial charge is 0.860 e. The Morgan fingerprint density at radius 3 is 2.18 bits per heavy atom. The van der Waals surface area contributed by atoms with Crippen LogP contribution >= 0.6 is 12.4 Å². The number of aromatic amines is 2. The summed E-state index contributed by atoms with van der Waals surface area (Å²) in [6, 6.07) is 0.765. The normalized spacial score (nSPS) is 7.64. The van der Waals surface area contributed by atoms with Crippen molar-refractivity contribution in [3.63, 3.8) is 0 Å². The summed E-state index contributed by atoms with van der Waals surface area (Å²) in [4.78, 5) is 24.1. The van der Waals surface area contributed by atoms with Gasteiger partial charge in [-0.1, -0.05) is 0 Å². The van der Waals surface area contributed by atoms with E-state index in [0.717, 1.165) is 6.07 Å². The second-order valence-corrected chi connectivity index (χ2v) is 1.45. The third-order valence-corrected chi connectivity index (χ3v) is 0.736. The van der Waals surface area contributed by atoms with E-state index in [1.165, 1.54) is 0 Å². The molecule has 5 nitrogen and oxygen atoms in total. The van der Waals surface area contributed by atoms with Crippen LogP contribution in [0.5, 0.6) is 5.88 Å². The Kier molecular flexibility index (Phi) is 6.59. The van der Waals surface area contributed by atoms with Gasteiger partial charge in [-0.3, -0.25) is 9.78 Å². The van der Waals surface area contributed by atoms with Crippen molar-refractivity contribution in [2.75, 3.05) is 0 Å². The molecule has 0 aromatic carbocycles. The molecule has 0 aliphatic rings. The van der Waals surface area contributed by atoms with Gasteiger partial charge in [0.05, 0.1) is 0 Å². The summed E-state index contributed by atoms with van der Waals surface area (Å²) in [6.07, 6.45) is 0. The van der Waals surface area contributed by atoms with Gasteiger partial charge in [-0.15, -0.1) is 12.4 Å². The first-order valence-electron chi connectivity index (χ1n) is 2.19. The van der Waals surface area contributed by atoms with Gasteiger partial charge in [-0.25, -0.2) is 4.79 Å². The Bertz CT molecular complexity index is 291. The molecular formula is C4H4ClN2NaO3. The molecule has 0 aliphatic heterocycles. The van der Waals surface area contributed by atoms with Crippen LogP contribution in [0.15, 0.2) is 15.7 Å². The molecule has 0 fully saturated rings. The van der Waals surface area contributed by atoms with Crippen molar-refractivity contribution in [2.45, 2.75) is 0 Å². The van der Waals surface area contributed by atoms with E-state index < -0.39 is 17.1 Å². The number of hydrogen-bond donors (Lipinski definition) is 2. The minimum atomic E-state index is -0.771. The molecule has 0 spiro atoms. The van der Waals surface area contributed by atoms with Crippen LogP contribution in [0.2, 0.25) is 0 Å². The number of hydrogen-bond acceptors (Lipinski definition) is 3. The van der Waals surface area contributed by atoms with Crippen LogP contribution in [0, 0.1) is 0 Å². The molecule has 56 valence electrons. The summed E-state index contributed by atoms with van der Waals surface area (Å²) < 4.78 is 0. The molecule has 1 heterocycles. The van der Waals surface area contributed by atoms with Crippen molar-refractivity contribution >= 4 is 12.4 Å². The van der Waals surface area contributed by atoms with E-state index in [-0.39, 0.29) is 42.0 Å². The molecule has 0 aliphatic carbocycles. The van der Waals surface area contributed by atoms with Crippen LogP contribution in [0.25, 0.3) is 0 Å². The Labute approximate surface area is 89.6 Å². The summed E-state index contributed by atoms with van der Waals surface area (Å²) in [7, 11) is 0. The quantitative estimate of drug-likeness (QED) is 0.401. The summed E-state index contributed by atoms with van der Waals surface area (Å²) in [5, 5.41) is 10.2. The average molecular weight is 187 g/mol. The maximum atomic E-state index is 10.2. The standard InChI is InChI=1S/C4H4N2O3.ClH.Na/c7-2-1-3(8)6-4(9)5-2;;/h1H,(H3,5,6,7,8,9);1H;/q;;+1/p-1. The van der Waals surface area contributed by atoms with Gasteiger partial charge in [-0.2, -0.15) is 0 Å². The second-order valence-electron chi connectivity index (χ2n) is 1.45. The molecule has 11 heavy (non-hydrogen) atoms. The number of rotatable bonds is 0. The fraction of sp³-hybridized carbons (Fsp3) is 0. The largest absolute Gasteiger partial charge is 1.00 e. The first kappa shape index (κ1) is 13.4. The SMILES string of the molecule is Cl.O=c1cc([O-])[nH]c(=O)[nH]1.[Na+]. The van der Waals surface area contributed by atoms with E-state index in [2.05, 4.69) is 0 Å². The molecule has 0 atom stereocenters.